The van der Waals surface area contributed by atoms with Gasteiger partial charge in [-0.05, 0) is 6.07 Å². The third-order valence-corrected chi connectivity index (χ3v) is 2.20. The van der Waals surface area contributed by atoms with Crippen LogP contribution in [0, 0.1) is 0 Å². The Morgan fingerprint density at radius 3 is 2.26 bits per heavy atom. The maximum absolute atomic E-state index is 12.2. The van der Waals surface area contributed by atoms with Crippen LogP contribution in [0.5, 0.6) is 5.75 Å². The standard InChI is InChI=1S/C11H9F3O5/c12-11(13,14)19-8-4-2-1-3-6(8)7(10(17)18)5-9(15)16/h1-4,7H,5H2,(H,15,16)(H,17,18). The summed E-state index contributed by atoms with van der Waals surface area (Å²) >= 11 is 0. The van der Waals surface area contributed by atoms with E-state index in [9.17, 15) is 22.8 Å². The lowest BCUT2D eigenvalue weighted by Gasteiger charge is -2.16. The van der Waals surface area contributed by atoms with E-state index in [1.807, 2.05) is 0 Å². The van der Waals surface area contributed by atoms with Crippen LogP contribution in [0.4, 0.5) is 13.2 Å². The van der Waals surface area contributed by atoms with Gasteiger partial charge in [0.05, 0.1) is 12.3 Å². The molecule has 0 spiro atoms. The fourth-order valence-corrected chi connectivity index (χ4v) is 1.49. The Labute approximate surface area is 105 Å². The molecule has 19 heavy (non-hydrogen) atoms. The highest BCUT2D eigenvalue weighted by atomic mass is 19.4. The van der Waals surface area contributed by atoms with Crippen LogP contribution in [-0.4, -0.2) is 28.5 Å². The Balaban J connectivity index is 3.16. The van der Waals surface area contributed by atoms with Crippen LogP contribution in [0.15, 0.2) is 24.3 Å². The van der Waals surface area contributed by atoms with Gasteiger partial charge in [0, 0.05) is 5.56 Å². The highest BCUT2D eigenvalue weighted by Crippen LogP contribution is 2.33. The van der Waals surface area contributed by atoms with Crippen LogP contribution >= 0.6 is 0 Å². The van der Waals surface area contributed by atoms with Gasteiger partial charge in [0.15, 0.2) is 0 Å². The molecule has 0 amide bonds. The first-order valence-corrected chi connectivity index (χ1v) is 5.00. The minimum absolute atomic E-state index is 0.338. The molecule has 5 nitrogen and oxygen atoms in total. The molecule has 0 saturated heterocycles. The summed E-state index contributed by atoms with van der Waals surface area (Å²) in [6.45, 7) is 0. The number of halogens is 3. The van der Waals surface area contributed by atoms with Crippen LogP contribution in [0.3, 0.4) is 0 Å². The number of rotatable bonds is 5. The van der Waals surface area contributed by atoms with Crippen molar-refractivity contribution >= 4 is 11.9 Å². The van der Waals surface area contributed by atoms with Crippen LogP contribution in [0.25, 0.3) is 0 Å². The number of alkyl halides is 3. The lowest BCUT2D eigenvalue weighted by atomic mass is 9.95. The zero-order valence-corrected chi connectivity index (χ0v) is 9.35. The Hall–Kier alpha value is -2.25. The molecule has 0 aliphatic rings. The van der Waals surface area contributed by atoms with E-state index in [0.29, 0.717) is 0 Å². The third-order valence-electron chi connectivity index (χ3n) is 2.20. The van der Waals surface area contributed by atoms with E-state index in [2.05, 4.69) is 4.74 Å². The molecule has 1 atom stereocenters. The third kappa shape index (κ3) is 4.49. The highest BCUT2D eigenvalue weighted by Gasteiger charge is 2.34. The summed E-state index contributed by atoms with van der Waals surface area (Å²) in [5.41, 5.74) is -0.338. The van der Waals surface area contributed by atoms with Gasteiger partial charge in [-0.15, -0.1) is 13.2 Å². The largest absolute Gasteiger partial charge is 0.573 e. The van der Waals surface area contributed by atoms with Gasteiger partial charge in [-0.25, -0.2) is 0 Å². The number of ether oxygens (including phenoxy) is 1. The van der Waals surface area contributed by atoms with Crippen molar-refractivity contribution in [2.24, 2.45) is 0 Å². The molecule has 0 fully saturated rings. The first-order chi connectivity index (χ1) is 8.70. The van der Waals surface area contributed by atoms with Crippen molar-refractivity contribution < 1.29 is 37.7 Å². The van der Waals surface area contributed by atoms with Gasteiger partial charge in [0.2, 0.25) is 0 Å². The van der Waals surface area contributed by atoms with Crippen molar-refractivity contribution in [3.05, 3.63) is 29.8 Å². The number of hydrogen-bond donors (Lipinski definition) is 2. The molecule has 1 unspecified atom stereocenters. The van der Waals surface area contributed by atoms with Gasteiger partial charge in [0.1, 0.15) is 5.75 Å². The topological polar surface area (TPSA) is 83.8 Å². The quantitative estimate of drug-likeness (QED) is 0.862. The molecule has 1 rings (SSSR count). The second-order valence-corrected chi connectivity index (χ2v) is 3.57. The number of hydrogen-bond acceptors (Lipinski definition) is 3. The number of carbonyl (C=O) groups is 2. The van der Waals surface area contributed by atoms with Gasteiger partial charge in [-0.1, -0.05) is 18.2 Å². The van der Waals surface area contributed by atoms with E-state index < -0.39 is 36.4 Å². The van der Waals surface area contributed by atoms with E-state index in [1.165, 1.54) is 12.1 Å². The molecule has 0 heterocycles. The van der Waals surface area contributed by atoms with Crippen LogP contribution in [0.1, 0.15) is 17.9 Å². The SMILES string of the molecule is O=C(O)CC(C(=O)O)c1ccccc1OC(F)(F)F. The average Bonchev–Trinajstić information content (AvgIpc) is 2.24. The summed E-state index contributed by atoms with van der Waals surface area (Å²) < 4.78 is 40.2. The minimum Gasteiger partial charge on any atom is -0.481 e. The van der Waals surface area contributed by atoms with Crippen LogP contribution in [-0.2, 0) is 9.59 Å². The highest BCUT2D eigenvalue weighted by molar-refractivity contribution is 5.83. The number of carboxylic acids is 2. The summed E-state index contributed by atoms with van der Waals surface area (Å²) in [5, 5.41) is 17.5. The molecule has 0 aromatic heterocycles. The smallest absolute Gasteiger partial charge is 0.481 e. The van der Waals surface area contributed by atoms with Crippen LogP contribution < -0.4 is 4.74 Å². The number of aliphatic carboxylic acids is 2. The predicted molar refractivity (Wildman–Crippen MR) is 55.8 cm³/mol. The van der Waals surface area contributed by atoms with E-state index >= 15 is 0 Å². The molecule has 0 aliphatic heterocycles. The fourth-order valence-electron chi connectivity index (χ4n) is 1.49. The lowest BCUT2D eigenvalue weighted by molar-refractivity contribution is -0.275. The second-order valence-electron chi connectivity index (χ2n) is 3.57. The summed E-state index contributed by atoms with van der Waals surface area (Å²) in [6, 6.07) is 4.55. The molecular formula is C11H9F3O5. The maximum atomic E-state index is 12.2. The van der Waals surface area contributed by atoms with Gasteiger partial charge in [-0.2, -0.15) is 0 Å². The predicted octanol–water partition coefficient (Wildman–Crippen LogP) is 2.23. The molecule has 1 aromatic rings. The number of para-hydroxylation sites is 1. The molecule has 1 aromatic carbocycles. The molecule has 2 N–H and O–H groups in total. The van der Waals surface area contributed by atoms with Crippen molar-refractivity contribution in [2.45, 2.75) is 18.7 Å². The van der Waals surface area contributed by atoms with E-state index in [1.54, 1.807) is 0 Å². The van der Waals surface area contributed by atoms with Crippen molar-refractivity contribution in [1.29, 1.82) is 0 Å². The monoisotopic (exact) mass is 278 g/mol. The van der Waals surface area contributed by atoms with E-state index in [0.717, 1.165) is 12.1 Å². The van der Waals surface area contributed by atoms with Crippen molar-refractivity contribution in [3.63, 3.8) is 0 Å². The summed E-state index contributed by atoms with van der Waals surface area (Å²) in [4.78, 5) is 21.5. The maximum Gasteiger partial charge on any atom is 0.573 e. The van der Waals surface area contributed by atoms with Crippen molar-refractivity contribution in [2.75, 3.05) is 0 Å². The number of benzene rings is 1. The summed E-state index contributed by atoms with van der Waals surface area (Å²) in [6.07, 6.45) is -5.82. The van der Waals surface area contributed by atoms with Gasteiger partial charge < -0.3 is 14.9 Å². The molecule has 104 valence electrons. The first-order valence-electron chi connectivity index (χ1n) is 5.00. The molecule has 8 heteroatoms. The molecule has 0 saturated carbocycles. The lowest BCUT2D eigenvalue weighted by Crippen LogP contribution is -2.21. The summed E-state index contributed by atoms with van der Waals surface area (Å²) in [7, 11) is 0. The van der Waals surface area contributed by atoms with E-state index in [4.69, 9.17) is 10.2 Å². The van der Waals surface area contributed by atoms with Gasteiger partial charge in [0.25, 0.3) is 0 Å². The molecule has 0 aliphatic carbocycles. The summed E-state index contributed by atoms with van der Waals surface area (Å²) in [5.74, 6) is -5.31. The first kappa shape index (κ1) is 14.8. The van der Waals surface area contributed by atoms with Gasteiger partial charge >= 0.3 is 18.3 Å². The second kappa shape index (κ2) is 5.59. The average molecular weight is 278 g/mol. The minimum atomic E-state index is -4.98. The molecule has 0 radical (unpaired) electrons. The zero-order valence-electron chi connectivity index (χ0n) is 9.35. The fraction of sp³-hybridized carbons (Fsp3) is 0.273. The Morgan fingerprint density at radius 2 is 1.79 bits per heavy atom. The van der Waals surface area contributed by atoms with Gasteiger partial charge in [-0.3, -0.25) is 9.59 Å². The van der Waals surface area contributed by atoms with E-state index in [-0.39, 0.29) is 5.56 Å². The Kier molecular flexibility index (Phi) is 4.36. The molecular weight excluding hydrogens is 269 g/mol. The zero-order chi connectivity index (χ0) is 14.6. The number of carboxylic acid groups (broad SMARTS) is 2. The molecule has 0 bridgehead atoms. The normalized spacial score (nSPS) is 12.8. The Bertz CT molecular complexity index is 483. The van der Waals surface area contributed by atoms with Crippen molar-refractivity contribution in [3.8, 4) is 5.75 Å². The van der Waals surface area contributed by atoms with Crippen molar-refractivity contribution in [1.82, 2.24) is 0 Å². The Morgan fingerprint density at radius 1 is 1.21 bits per heavy atom. The van der Waals surface area contributed by atoms with Crippen LogP contribution in [0.2, 0.25) is 0 Å².